The van der Waals surface area contributed by atoms with E-state index in [4.69, 9.17) is 4.74 Å². The maximum atomic E-state index is 13.3. The minimum absolute atomic E-state index is 0.112. The lowest BCUT2D eigenvalue weighted by molar-refractivity contribution is -0.134. The number of rotatable bonds is 6. The summed E-state index contributed by atoms with van der Waals surface area (Å²) in [5.41, 5.74) is 2.79. The van der Waals surface area contributed by atoms with Gasteiger partial charge in [0.2, 0.25) is 11.8 Å². The molecule has 1 atom stereocenters. The standard InChI is InChI=1S/C24H30N6O2/c1-16(2)22(24(31)30-11-9-29(3)10-12-30)28-23-19-13-17(5-7-20(19)26-15-27-23)18-6-8-21(32-4)25-14-18/h5-8,13-16,22H,9-12H2,1-4H3,(H,26,27,28). The van der Waals surface area contributed by atoms with Gasteiger partial charge in [-0.3, -0.25) is 4.79 Å². The number of carbonyl (C=O) groups is 1. The van der Waals surface area contributed by atoms with Gasteiger partial charge in [0.25, 0.3) is 0 Å². The van der Waals surface area contributed by atoms with Crippen molar-refractivity contribution in [2.75, 3.05) is 45.7 Å². The summed E-state index contributed by atoms with van der Waals surface area (Å²) in [6, 6.07) is 9.47. The van der Waals surface area contributed by atoms with Gasteiger partial charge in [-0.2, -0.15) is 0 Å². The summed E-state index contributed by atoms with van der Waals surface area (Å²) in [6.45, 7) is 7.41. The molecule has 1 aliphatic heterocycles. The van der Waals surface area contributed by atoms with E-state index in [9.17, 15) is 4.79 Å². The number of nitrogens with zero attached hydrogens (tertiary/aromatic N) is 5. The quantitative estimate of drug-likeness (QED) is 0.639. The SMILES string of the molecule is COc1ccc(-c2ccc3ncnc(NC(C(=O)N4CCN(C)CC4)C(C)C)c3c2)cn1. The Kier molecular flexibility index (Phi) is 6.50. The number of amides is 1. The first-order valence-electron chi connectivity index (χ1n) is 11.0. The molecule has 0 radical (unpaired) electrons. The van der Waals surface area contributed by atoms with Crippen LogP contribution >= 0.6 is 0 Å². The molecular weight excluding hydrogens is 404 g/mol. The van der Waals surface area contributed by atoms with Crippen molar-refractivity contribution in [3.05, 3.63) is 42.9 Å². The molecule has 8 heteroatoms. The molecule has 1 unspecified atom stereocenters. The topological polar surface area (TPSA) is 83.5 Å². The molecule has 32 heavy (non-hydrogen) atoms. The van der Waals surface area contributed by atoms with Crippen molar-refractivity contribution in [3.63, 3.8) is 0 Å². The van der Waals surface area contributed by atoms with Crippen LogP contribution in [-0.2, 0) is 4.79 Å². The molecule has 0 bridgehead atoms. The van der Waals surface area contributed by atoms with Crippen molar-refractivity contribution in [1.82, 2.24) is 24.8 Å². The van der Waals surface area contributed by atoms with Crippen LogP contribution in [0.15, 0.2) is 42.9 Å². The summed E-state index contributed by atoms with van der Waals surface area (Å²) in [5.74, 6) is 1.47. The molecule has 1 fully saturated rings. The molecule has 4 rings (SSSR count). The lowest BCUT2D eigenvalue weighted by Crippen LogP contribution is -2.53. The monoisotopic (exact) mass is 434 g/mol. The summed E-state index contributed by atoms with van der Waals surface area (Å²) in [7, 11) is 3.69. The van der Waals surface area contributed by atoms with E-state index >= 15 is 0 Å². The second kappa shape index (κ2) is 9.48. The number of fused-ring (bicyclic) bond motifs is 1. The lowest BCUT2D eigenvalue weighted by atomic mass is 10.0. The maximum Gasteiger partial charge on any atom is 0.245 e. The highest BCUT2D eigenvalue weighted by atomic mass is 16.5. The van der Waals surface area contributed by atoms with Crippen LogP contribution < -0.4 is 10.1 Å². The number of benzene rings is 1. The first-order chi connectivity index (χ1) is 15.5. The van der Waals surface area contributed by atoms with E-state index in [0.29, 0.717) is 11.7 Å². The summed E-state index contributed by atoms with van der Waals surface area (Å²) in [5, 5.41) is 4.31. The van der Waals surface area contributed by atoms with Gasteiger partial charge in [-0.1, -0.05) is 19.9 Å². The minimum Gasteiger partial charge on any atom is -0.481 e. The van der Waals surface area contributed by atoms with E-state index in [-0.39, 0.29) is 17.9 Å². The van der Waals surface area contributed by atoms with Crippen LogP contribution in [0.2, 0.25) is 0 Å². The van der Waals surface area contributed by atoms with E-state index in [1.165, 1.54) is 6.33 Å². The Morgan fingerprint density at radius 3 is 2.44 bits per heavy atom. The van der Waals surface area contributed by atoms with Crippen LogP contribution in [0.1, 0.15) is 13.8 Å². The summed E-state index contributed by atoms with van der Waals surface area (Å²) >= 11 is 0. The van der Waals surface area contributed by atoms with Crippen molar-refractivity contribution >= 4 is 22.6 Å². The van der Waals surface area contributed by atoms with Crippen molar-refractivity contribution in [1.29, 1.82) is 0 Å². The fourth-order valence-electron chi connectivity index (χ4n) is 3.91. The first kappa shape index (κ1) is 22.0. The van der Waals surface area contributed by atoms with Gasteiger partial charge in [0, 0.05) is 49.4 Å². The van der Waals surface area contributed by atoms with Crippen molar-refractivity contribution in [2.45, 2.75) is 19.9 Å². The molecule has 168 valence electrons. The molecule has 8 nitrogen and oxygen atoms in total. The van der Waals surface area contributed by atoms with Crippen LogP contribution in [0.25, 0.3) is 22.0 Å². The van der Waals surface area contributed by atoms with Crippen LogP contribution in [0.3, 0.4) is 0 Å². The average Bonchev–Trinajstić information content (AvgIpc) is 2.82. The molecule has 0 aliphatic carbocycles. The second-order valence-electron chi connectivity index (χ2n) is 8.54. The second-order valence-corrected chi connectivity index (χ2v) is 8.54. The predicted molar refractivity (Wildman–Crippen MR) is 126 cm³/mol. The number of hydrogen-bond acceptors (Lipinski definition) is 7. The fraction of sp³-hybridized carbons (Fsp3) is 0.417. The molecule has 0 saturated carbocycles. The molecule has 2 aromatic heterocycles. The van der Waals surface area contributed by atoms with E-state index in [0.717, 1.165) is 48.2 Å². The van der Waals surface area contributed by atoms with Gasteiger partial charge in [-0.25, -0.2) is 15.0 Å². The molecule has 3 aromatic rings. The fourth-order valence-corrected chi connectivity index (χ4v) is 3.91. The van der Waals surface area contributed by atoms with Crippen LogP contribution in [-0.4, -0.2) is 77.0 Å². The van der Waals surface area contributed by atoms with E-state index < -0.39 is 0 Å². The number of pyridine rings is 1. The third kappa shape index (κ3) is 4.65. The summed E-state index contributed by atoms with van der Waals surface area (Å²) < 4.78 is 5.16. The number of piperazine rings is 1. The number of methoxy groups -OCH3 is 1. The Balaban J connectivity index is 1.63. The molecule has 1 saturated heterocycles. The Bertz CT molecular complexity index is 1080. The van der Waals surface area contributed by atoms with Crippen molar-refractivity contribution in [2.24, 2.45) is 5.92 Å². The molecule has 1 N–H and O–H groups in total. The number of anilines is 1. The first-order valence-corrected chi connectivity index (χ1v) is 11.0. The molecular formula is C24H30N6O2. The largest absolute Gasteiger partial charge is 0.481 e. The van der Waals surface area contributed by atoms with Gasteiger partial charge in [0.1, 0.15) is 18.2 Å². The Morgan fingerprint density at radius 2 is 1.78 bits per heavy atom. The summed E-state index contributed by atoms with van der Waals surface area (Å²) in [4.78, 5) is 30.7. The van der Waals surface area contributed by atoms with Gasteiger partial charge in [-0.15, -0.1) is 0 Å². The number of hydrogen-bond donors (Lipinski definition) is 1. The lowest BCUT2D eigenvalue weighted by Gasteiger charge is -2.36. The average molecular weight is 435 g/mol. The van der Waals surface area contributed by atoms with Crippen LogP contribution in [0.5, 0.6) is 5.88 Å². The smallest absolute Gasteiger partial charge is 0.245 e. The molecule has 1 amide bonds. The van der Waals surface area contributed by atoms with Gasteiger partial charge < -0.3 is 19.9 Å². The van der Waals surface area contributed by atoms with E-state index in [2.05, 4.69) is 46.1 Å². The molecule has 3 heterocycles. The highest BCUT2D eigenvalue weighted by Crippen LogP contribution is 2.28. The Labute approximate surface area is 188 Å². The van der Waals surface area contributed by atoms with Gasteiger partial charge in [0.05, 0.1) is 12.6 Å². The Morgan fingerprint density at radius 1 is 1.03 bits per heavy atom. The van der Waals surface area contributed by atoms with Gasteiger partial charge in [-0.05, 0) is 36.7 Å². The zero-order chi connectivity index (χ0) is 22.7. The van der Waals surface area contributed by atoms with Crippen LogP contribution in [0, 0.1) is 5.92 Å². The molecule has 1 aliphatic rings. The zero-order valence-corrected chi connectivity index (χ0v) is 19.1. The maximum absolute atomic E-state index is 13.3. The molecule has 0 spiro atoms. The Hall–Kier alpha value is -3.26. The van der Waals surface area contributed by atoms with Crippen LogP contribution in [0.4, 0.5) is 5.82 Å². The van der Waals surface area contributed by atoms with Gasteiger partial charge >= 0.3 is 0 Å². The van der Waals surface area contributed by atoms with Crippen molar-refractivity contribution < 1.29 is 9.53 Å². The van der Waals surface area contributed by atoms with Crippen molar-refractivity contribution in [3.8, 4) is 17.0 Å². The van der Waals surface area contributed by atoms with E-state index in [1.807, 2.05) is 35.2 Å². The minimum atomic E-state index is -0.359. The number of carbonyl (C=O) groups excluding carboxylic acids is 1. The number of likely N-dealkylation sites (N-methyl/N-ethyl adjacent to an activating group) is 1. The highest BCUT2D eigenvalue weighted by Gasteiger charge is 2.29. The van der Waals surface area contributed by atoms with Gasteiger partial charge in [0.15, 0.2) is 0 Å². The normalized spacial score (nSPS) is 15.7. The third-order valence-corrected chi connectivity index (χ3v) is 5.95. The number of ether oxygens (including phenoxy) is 1. The predicted octanol–water partition coefficient (Wildman–Crippen LogP) is 2.91. The summed E-state index contributed by atoms with van der Waals surface area (Å²) in [6.07, 6.45) is 3.32. The zero-order valence-electron chi connectivity index (χ0n) is 19.1. The molecule has 1 aromatic carbocycles. The number of nitrogens with one attached hydrogen (secondary N) is 1. The highest BCUT2D eigenvalue weighted by molar-refractivity contribution is 5.94. The number of aromatic nitrogens is 3. The van der Waals surface area contributed by atoms with E-state index in [1.54, 1.807) is 13.3 Å². The third-order valence-electron chi connectivity index (χ3n) is 5.95.